The van der Waals surface area contributed by atoms with Crippen LogP contribution < -0.4 is 5.32 Å². The van der Waals surface area contributed by atoms with E-state index in [1.54, 1.807) is 5.32 Å². The molecule has 2 heterocycles. The summed E-state index contributed by atoms with van der Waals surface area (Å²) in [7, 11) is 0. The van der Waals surface area contributed by atoms with Gasteiger partial charge in [0.1, 0.15) is 12.4 Å². The van der Waals surface area contributed by atoms with Gasteiger partial charge in [-0.25, -0.2) is 9.97 Å². The molecule has 0 saturated carbocycles. The van der Waals surface area contributed by atoms with Crippen molar-refractivity contribution in [1.29, 1.82) is 0 Å². The summed E-state index contributed by atoms with van der Waals surface area (Å²) in [6.45, 7) is 0.383. The molecule has 0 aliphatic carbocycles. The van der Waals surface area contributed by atoms with Crippen LogP contribution in [0.1, 0.15) is 6.92 Å². The summed E-state index contributed by atoms with van der Waals surface area (Å²) in [6, 6.07) is -4.22. The maximum absolute atomic E-state index is 13.7. The van der Waals surface area contributed by atoms with E-state index in [0.717, 1.165) is 6.92 Å². The molecule has 14 heteroatoms. The summed E-state index contributed by atoms with van der Waals surface area (Å²) in [4.78, 5) is 19.1. The summed E-state index contributed by atoms with van der Waals surface area (Å²) in [5.41, 5.74) is 0. The third kappa shape index (κ3) is 4.44. The molecule has 0 spiro atoms. The normalized spacial score (nSPS) is 22.0. The number of carbonyl (C=O) groups excluding carboxylic acids is 1. The fourth-order valence-corrected chi connectivity index (χ4v) is 2.34. The number of likely N-dealkylation sites (tertiary alicyclic amines) is 1. The van der Waals surface area contributed by atoms with Crippen LogP contribution in [0.5, 0.6) is 0 Å². The largest absolute Gasteiger partial charge is 0.522 e. The molecular weight excluding hydrogens is 401 g/mol. The van der Waals surface area contributed by atoms with Gasteiger partial charge < -0.3 is 10.2 Å². The van der Waals surface area contributed by atoms with Gasteiger partial charge in [0, 0.05) is 6.54 Å². The highest BCUT2D eigenvalue weighted by Gasteiger charge is 2.53. The minimum atomic E-state index is -5.18. The van der Waals surface area contributed by atoms with Crippen molar-refractivity contribution in [2.75, 3.05) is 11.9 Å². The van der Waals surface area contributed by atoms with Gasteiger partial charge in [-0.2, -0.15) is 17.6 Å². The molecule has 2 rings (SSSR count). The van der Waals surface area contributed by atoms with Crippen molar-refractivity contribution in [3.8, 4) is 0 Å². The summed E-state index contributed by atoms with van der Waals surface area (Å²) >= 11 is 5.33. The Bertz CT molecular complexity index is 685. The first-order valence-corrected chi connectivity index (χ1v) is 7.23. The molecule has 1 fully saturated rings. The van der Waals surface area contributed by atoms with Crippen LogP contribution >= 0.6 is 11.6 Å². The number of amides is 1. The number of nitrogens with one attached hydrogen (secondary N) is 1. The van der Waals surface area contributed by atoms with Gasteiger partial charge in [-0.3, -0.25) is 9.53 Å². The average Bonchev–Trinajstić information content (AvgIpc) is 2.49. The number of hydrogen-bond acceptors (Lipinski definition) is 5. The van der Waals surface area contributed by atoms with Crippen molar-refractivity contribution in [2.24, 2.45) is 0 Å². The molecule has 1 aromatic heterocycles. The fourth-order valence-electron chi connectivity index (χ4n) is 2.21. The Balaban J connectivity index is 2.16. The first-order chi connectivity index (χ1) is 11.8. The smallest absolute Gasteiger partial charge is 0.348 e. The summed E-state index contributed by atoms with van der Waals surface area (Å²) in [5.74, 6) is -4.00. The van der Waals surface area contributed by atoms with Crippen molar-refractivity contribution in [2.45, 2.75) is 37.7 Å². The van der Waals surface area contributed by atoms with Gasteiger partial charge in [0.05, 0.1) is 6.04 Å². The molecular formula is C12H10ClF7N4O2. The van der Waals surface area contributed by atoms with Crippen molar-refractivity contribution in [3.05, 3.63) is 17.3 Å². The maximum atomic E-state index is 13.7. The molecule has 1 aliphatic heterocycles. The lowest BCUT2D eigenvalue weighted by atomic mass is 9.99. The number of rotatable bonds is 4. The van der Waals surface area contributed by atoms with E-state index in [-0.39, 0.29) is 0 Å². The topological polar surface area (TPSA) is 67.3 Å². The molecule has 1 N–H and O–H groups in total. The number of aromatic nitrogens is 2. The van der Waals surface area contributed by atoms with Gasteiger partial charge in [-0.1, -0.05) is 11.6 Å². The number of ether oxygens (including phenoxy) is 1. The van der Waals surface area contributed by atoms with E-state index < -0.39 is 60.0 Å². The van der Waals surface area contributed by atoms with Crippen LogP contribution in [0.15, 0.2) is 6.33 Å². The third-order valence-corrected chi connectivity index (χ3v) is 3.84. The van der Waals surface area contributed by atoms with E-state index in [1.807, 2.05) is 0 Å². The Kier molecular flexibility index (Phi) is 5.52. The molecule has 6 nitrogen and oxygen atoms in total. The minimum absolute atomic E-state index is 0.530. The summed E-state index contributed by atoms with van der Waals surface area (Å²) < 4.78 is 93.4. The zero-order chi connectivity index (χ0) is 19.9. The van der Waals surface area contributed by atoms with Crippen molar-refractivity contribution in [3.63, 3.8) is 0 Å². The predicted octanol–water partition coefficient (Wildman–Crippen LogP) is 2.75. The van der Waals surface area contributed by atoms with Crippen LogP contribution in [0, 0.1) is 5.82 Å². The van der Waals surface area contributed by atoms with Crippen LogP contribution in [0.25, 0.3) is 0 Å². The number of hydrogen-bond donors (Lipinski definition) is 1. The van der Waals surface area contributed by atoms with Gasteiger partial charge in [-0.15, -0.1) is 13.2 Å². The highest BCUT2D eigenvalue weighted by Crippen LogP contribution is 2.32. The molecule has 3 atom stereocenters. The van der Waals surface area contributed by atoms with Crippen LogP contribution in [-0.2, 0) is 9.53 Å². The number of carbonyl (C=O) groups is 1. The number of alkyl halides is 6. The van der Waals surface area contributed by atoms with Crippen LogP contribution in [0.2, 0.25) is 5.15 Å². The number of halogens is 8. The highest BCUT2D eigenvalue weighted by atomic mass is 35.5. The maximum Gasteiger partial charge on any atom is 0.522 e. The van der Waals surface area contributed by atoms with E-state index >= 15 is 0 Å². The molecule has 1 amide bonds. The molecule has 1 unspecified atom stereocenters. The summed E-state index contributed by atoms with van der Waals surface area (Å²) in [6.07, 6.45) is -11.0. The van der Waals surface area contributed by atoms with E-state index in [4.69, 9.17) is 11.6 Å². The third-order valence-electron chi connectivity index (χ3n) is 3.58. The van der Waals surface area contributed by atoms with E-state index in [9.17, 15) is 35.5 Å². The lowest BCUT2D eigenvalue weighted by Crippen LogP contribution is -2.66. The Morgan fingerprint density at radius 2 is 1.96 bits per heavy atom. The Morgan fingerprint density at radius 1 is 1.35 bits per heavy atom. The van der Waals surface area contributed by atoms with Crippen LogP contribution in [0.4, 0.5) is 36.6 Å². The second kappa shape index (κ2) is 7.02. The number of nitrogens with zero attached hydrogens (tertiary/aromatic N) is 3. The molecule has 0 bridgehead atoms. The average molecular weight is 411 g/mol. The molecule has 26 heavy (non-hydrogen) atoms. The van der Waals surface area contributed by atoms with Crippen LogP contribution in [0.3, 0.4) is 0 Å². The van der Waals surface area contributed by atoms with Gasteiger partial charge in [0.15, 0.2) is 11.0 Å². The first kappa shape index (κ1) is 20.4. The fraction of sp³-hybridized carbons (Fsp3) is 0.583. The summed E-state index contributed by atoms with van der Waals surface area (Å²) in [5, 5.41) is 0.799. The van der Waals surface area contributed by atoms with E-state index in [2.05, 4.69) is 14.7 Å². The van der Waals surface area contributed by atoms with Gasteiger partial charge >= 0.3 is 12.5 Å². The quantitative estimate of drug-likeness (QED) is 0.611. The van der Waals surface area contributed by atoms with E-state index in [1.165, 1.54) is 0 Å². The predicted molar refractivity (Wildman–Crippen MR) is 72.6 cm³/mol. The van der Waals surface area contributed by atoms with Crippen LogP contribution in [-0.4, -0.2) is 58.0 Å². The van der Waals surface area contributed by atoms with Gasteiger partial charge in [0.25, 0.3) is 5.91 Å². The Morgan fingerprint density at radius 3 is 2.46 bits per heavy atom. The molecule has 1 aromatic rings. The lowest BCUT2D eigenvalue weighted by Gasteiger charge is -2.47. The highest BCUT2D eigenvalue weighted by molar-refractivity contribution is 6.29. The molecule has 1 aliphatic rings. The first-order valence-electron chi connectivity index (χ1n) is 6.85. The molecule has 146 valence electrons. The standard InChI is InChI=1S/C12H10ClF7N4O2/c1-4-5(26-12(18,19)20)2-24(4)10(25)7(11(15,16)17)23-9-6(14)8(13)21-3-22-9/h3-5,7H,2H2,1H3,(H,21,22,23)/t4-,5-,7?/m0/s1. The second-order valence-corrected chi connectivity index (χ2v) is 5.64. The Hall–Kier alpha value is -1.89. The van der Waals surface area contributed by atoms with Crippen molar-refractivity contribution in [1.82, 2.24) is 14.9 Å². The number of anilines is 1. The van der Waals surface area contributed by atoms with Gasteiger partial charge in [0.2, 0.25) is 11.9 Å². The van der Waals surface area contributed by atoms with Crippen molar-refractivity contribution < 1.29 is 40.3 Å². The SMILES string of the molecule is C[C@H]1[C@@H](OC(F)(F)F)CN1C(=O)C(Nc1ncnc(Cl)c1F)C(F)(F)F. The zero-order valence-electron chi connectivity index (χ0n) is 12.7. The molecule has 0 radical (unpaired) electrons. The Labute approximate surface area is 146 Å². The minimum Gasteiger partial charge on any atom is -0.348 e. The second-order valence-electron chi connectivity index (χ2n) is 5.28. The lowest BCUT2D eigenvalue weighted by molar-refractivity contribution is -0.360. The molecule has 1 saturated heterocycles. The van der Waals surface area contributed by atoms with Crippen molar-refractivity contribution >= 4 is 23.3 Å². The molecule has 0 aromatic carbocycles. The van der Waals surface area contributed by atoms with Gasteiger partial charge in [-0.05, 0) is 6.92 Å². The van der Waals surface area contributed by atoms with E-state index in [0.29, 0.717) is 11.2 Å². The monoisotopic (exact) mass is 410 g/mol. The zero-order valence-corrected chi connectivity index (χ0v) is 13.5.